The van der Waals surface area contributed by atoms with Gasteiger partial charge in [-0.25, -0.2) is 5.10 Å². The summed E-state index contributed by atoms with van der Waals surface area (Å²) in [6, 6.07) is 13.4. The molecule has 1 saturated heterocycles. The number of nitrogens with zero attached hydrogens (tertiary/aromatic N) is 5. The zero-order valence-electron chi connectivity index (χ0n) is 24.4. The Bertz CT molecular complexity index is 1540. The summed E-state index contributed by atoms with van der Waals surface area (Å²) in [5, 5.41) is 34.0. The number of aromatic amines is 1. The summed E-state index contributed by atoms with van der Waals surface area (Å²) in [6.45, 7) is 0.731. The number of hydrogen-bond donors (Lipinski definition) is 4. The van der Waals surface area contributed by atoms with Crippen LogP contribution in [0.2, 0.25) is 0 Å². The molecular weight excluding hydrogens is 546 g/mol. The second-order valence-electron chi connectivity index (χ2n) is 11.7. The molecule has 2 aliphatic carbocycles. The van der Waals surface area contributed by atoms with Gasteiger partial charge in [0.15, 0.2) is 5.82 Å². The first-order valence-corrected chi connectivity index (χ1v) is 14.7. The molecule has 43 heavy (non-hydrogen) atoms. The minimum atomic E-state index is -0.859. The van der Waals surface area contributed by atoms with Crippen molar-refractivity contribution in [1.82, 2.24) is 41.5 Å². The van der Waals surface area contributed by atoms with E-state index in [0.29, 0.717) is 49.2 Å². The van der Waals surface area contributed by atoms with Crippen molar-refractivity contribution in [3.05, 3.63) is 75.6 Å². The first-order valence-electron chi connectivity index (χ1n) is 14.7. The van der Waals surface area contributed by atoms with Gasteiger partial charge in [-0.05, 0) is 102 Å². The zero-order chi connectivity index (χ0) is 30.2. The van der Waals surface area contributed by atoms with Crippen LogP contribution in [0.1, 0.15) is 80.9 Å². The third kappa shape index (κ3) is 5.03. The number of nitriles is 1. The number of likely N-dealkylation sites (tertiary alicyclic amines) is 1. The number of hydrogen-bond acceptors (Lipinski definition) is 8. The van der Waals surface area contributed by atoms with Crippen molar-refractivity contribution >= 4 is 17.7 Å². The molecule has 0 bridgehead atoms. The molecule has 3 amide bonds. The van der Waals surface area contributed by atoms with E-state index in [1.165, 1.54) is 0 Å². The van der Waals surface area contributed by atoms with E-state index in [9.17, 15) is 19.6 Å². The lowest BCUT2D eigenvalue weighted by molar-refractivity contribution is -0.130. The first kappa shape index (κ1) is 28.5. The zero-order valence-corrected chi connectivity index (χ0v) is 24.4. The fourth-order valence-electron chi connectivity index (χ4n) is 6.93. The molecule has 4 N–H and O–H groups in total. The molecule has 1 atom stereocenters. The maximum absolute atomic E-state index is 13.2. The van der Waals surface area contributed by atoms with Crippen LogP contribution in [0.4, 0.5) is 0 Å². The lowest BCUT2D eigenvalue weighted by Gasteiger charge is -2.38. The number of rotatable bonds is 8. The van der Waals surface area contributed by atoms with Gasteiger partial charge in [0.25, 0.3) is 11.8 Å². The van der Waals surface area contributed by atoms with E-state index in [0.717, 1.165) is 41.5 Å². The molecule has 12 nitrogen and oxygen atoms in total. The average molecular weight is 582 g/mol. The molecule has 1 aliphatic heterocycles. The number of aromatic nitrogens is 4. The van der Waals surface area contributed by atoms with E-state index < -0.39 is 5.41 Å². The molecule has 222 valence electrons. The summed E-state index contributed by atoms with van der Waals surface area (Å²) in [5.41, 5.74) is 3.83. The normalized spacial score (nSPS) is 19.4. The van der Waals surface area contributed by atoms with Crippen LogP contribution in [-0.4, -0.2) is 82.0 Å². The maximum Gasteiger partial charge on any atom is 0.251 e. The Morgan fingerprint density at radius 3 is 2.16 bits per heavy atom. The molecular formula is C31H35N9O3. The molecule has 2 heterocycles. The summed E-state index contributed by atoms with van der Waals surface area (Å²) < 4.78 is 0. The molecule has 6 rings (SSSR count). The number of amides is 3. The number of tetrazole rings is 1. The SMILES string of the molecule is CNC(=O)c1ccc2c(c1)CCc1cc(C(=O)NC)ccc1C2(CC1(NCC(=O)N2CCC[C@H]2C#N)CC1)c1nnn[nH]1. The van der Waals surface area contributed by atoms with Gasteiger partial charge in [-0.2, -0.15) is 5.26 Å². The predicted octanol–water partition coefficient (Wildman–Crippen LogP) is 1.38. The molecule has 1 saturated carbocycles. The molecule has 3 aliphatic rings. The summed E-state index contributed by atoms with van der Waals surface area (Å²) >= 11 is 0. The number of carbonyl (C=O) groups excluding carboxylic acids is 3. The summed E-state index contributed by atoms with van der Waals surface area (Å²) in [7, 11) is 3.22. The van der Waals surface area contributed by atoms with E-state index in [1.807, 2.05) is 36.4 Å². The van der Waals surface area contributed by atoms with Crippen molar-refractivity contribution in [3.8, 4) is 6.07 Å². The van der Waals surface area contributed by atoms with E-state index in [-0.39, 0.29) is 35.8 Å². The van der Waals surface area contributed by atoms with Gasteiger partial charge in [0.2, 0.25) is 5.91 Å². The van der Waals surface area contributed by atoms with Crippen LogP contribution >= 0.6 is 0 Å². The highest BCUT2D eigenvalue weighted by Gasteiger charge is 2.54. The lowest BCUT2D eigenvalue weighted by atomic mass is 9.67. The largest absolute Gasteiger partial charge is 0.355 e. The van der Waals surface area contributed by atoms with Gasteiger partial charge in [-0.15, -0.1) is 5.10 Å². The fraction of sp³-hybridized carbons (Fsp3) is 0.452. The van der Waals surface area contributed by atoms with Crippen LogP contribution in [0.15, 0.2) is 36.4 Å². The van der Waals surface area contributed by atoms with Gasteiger partial charge >= 0.3 is 0 Å². The standard InChI is InChI=1S/C31H35N9O3/c1-33-27(42)21-7-9-24-19(14-21)5-6-20-15-22(28(43)34-2)8-10-25(20)31(24,29-36-38-39-37-29)18-30(11-12-30)35-17-26(41)40-13-3-4-23(40)16-32/h7-10,14-15,23,35H,3-6,11-13,17-18H2,1-2H3,(H,33,42)(H,34,43)(H,36,37,38,39)/t23-/m0/s1. The monoisotopic (exact) mass is 581 g/mol. The van der Waals surface area contributed by atoms with Crippen molar-refractivity contribution in [3.63, 3.8) is 0 Å². The lowest BCUT2D eigenvalue weighted by Crippen LogP contribution is -2.47. The van der Waals surface area contributed by atoms with E-state index in [4.69, 9.17) is 0 Å². The highest BCUT2D eigenvalue weighted by Crippen LogP contribution is 2.53. The Balaban J connectivity index is 1.46. The van der Waals surface area contributed by atoms with Crippen molar-refractivity contribution in [2.45, 2.75) is 61.9 Å². The summed E-state index contributed by atoms with van der Waals surface area (Å²) in [6.07, 6.45) is 5.09. The van der Waals surface area contributed by atoms with Crippen LogP contribution in [0.3, 0.4) is 0 Å². The highest BCUT2D eigenvalue weighted by molar-refractivity contribution is 5.95. The summed E-state index contributed by atoms with van der Waals surface area (Å²) in [4.78, 5) is 40.1. The third-order valence-electron chi connectivity index (χ3n) is 9.32. The van der Waals surface area contributed by atoms with Gasteiger partial charge in [0.05, 0.1) is 18.0 Å². The van der Waals surface area contributed by atoms with Crippen molar-refractivity contribution in [1.29, 1.82) is 5.26 Å². The van der Waals surface area contributed by atoms with Crippen molar-refractivity contribution in [2.24, 2.45) is 0 Å². The topological polar surface area (TPSA) is 169 Å². The predicted molar refractivity (Wildman–Crippen MR) is 156 cm³/mol. The molecule has 3 aromatic rings. The van der Waals surface area contributed by atoms with Crippen LogP contribution in [0, 0.1) is 11.3 Å². The Labute approximate surface area is 249 Å². The molecule has 2 fully saturated rings. The third-order valence-corrected chi connectivity index (χ3v) is 9.32. The van der Waals surface area contributed by atoms with E-state index in [1.54, 1.807) is 19.0 Å². The van der Waals surface area contributed by atoms with Crippen LogP contribution in [-0.2, 0) is 23.1 Å². The number of carbonyl (C=O) groups is 3. The van der Waals surface area contributed by atoms with Crippen LogP contribution in [0.5, 0.6) is 0 Å². The Hall–Kier alpha value is -4.63. The Kier molecular flexibility index (Phi) is 7.43. The molecule has 0 radical (unpaired) electrons. The summed E-state index contributed by atoms with van der Waals surface area (Å²) in [5.74, 6) is 0.142. The van der Waals surface area contributed by atoms with Crippen LogP contribution in [0.25, 0.3) is 0 Å². The second-order valence-corrected chi connectivity index (χ2v) is 11.7. The number of aryl methyl sites for hydroxylation is 2. The second kappa shape index (κ2) is 11.2. The van der Waals surface area contributed by atoms with Gasteiger partial charge in [0, 0.05) is 37.3 Å². The van der Waals surface area contributed by atoms with Gasteiger partial charge < -0.3 is 20.9 Å². The molecule has 1 aromatic heterocycles. The molecule has 0 spiro atoms. The first-order chi connectivity index (χ1) is 20.8. The van der Waals surface area contributed by atoms with Crippen molar-refractivity contribution < 1.29 is 14.4 Å². The smallest absolute Gasteiger partial charge is 0.251 e. The Morgan fingerprint density at radius 1 is 1.02 bits per heavy atom. The van der Waals surface area contributed by atoms with Gasteiger partial charge in [-0.1, -0.05) is 12.1 Å². The van der Waals surface area contributed by atoms with Crippen LogP contribution < -0.4 is 16.0 Å². The van der Waals surface area contributed by atoms with E-state index in [2.05, 4.69) is 42.6 Å². The van der Waals surface area contributed by atoms with E-state index >= 15 is 0 Å². The average Bonchev–Trinajstić information content (AvgIpc) is 3.38. The fourth-order valence-corrected chi connectivity index (χ4v) is 6.93. The number of fused-ring (bicyclic) bond motifs is 2. The Morgan fingerprint density at radius 2 is 1.65 bits per heavy atom. The minimum absolute atomic E-state index is 0.0715. The molecule has 0 unspecified atom stereocenters. The highest BCUT2D eigenvalue weighted by atomic mass is 16.2. The van der Waals surface area contributed by atoms with Gasteiger partial charge in [0.1, 0.15) is 6.04 Å². The van der Waals surface area contributed by atoms with Crippen molar-refractivity contribution in [2.75, 3.05) is 27.2 Å². The molecule has 12 heteroatoms. The molecule has 2 aromatic carbocycles. The van der Waals surface area contributed by atoms with Gasteiger partial charge in [-0.3, -0.25) is 14.4 Å². The minimum Gasteiger partial charge on any atom is -0.355 e. The number of benzene rings is 2. The number of nitrogens with one attached hydrogen (secondary N) is 4. The maximum atomic E-state index is 13.2. The number of H-pyrrole nitrogens is 1. The quantitative estimate of drug-likeness (QED) is 0.309.